The Hall–Kier alpha value is -2.43. The molecule has 0 bridgehead atoms. The van der Waals surface area contributed by atoms with Crippen molar-refractivity contribution in [2.45, 2.75) is 13.5 Å². The Morgan fingerprint density at radius 2 is 2.05 bits per heavy atom. The first-order valence-electron chi connectivity index (χ1n) is 6.62. The Kier molecular flexibility index (Phi) is 4.52. The van der Waals surface area contributed by atoms with Crippen LogP contribution in [-0.2, 0) is 18.4 Å². The zero-order valence-corrected chi connectivity index (χ0v) is 12.4. The number of nitrogens with zero attached hydrogens (tertiary/aromatic N) is 3. The van der Waals surface area contributed by atoms with Gasteiger partial charge >= 0.3 is 0 Å². The molecular formula is C16H18FN3O. The van der Waals surface area contributed by atoms with Crippen molar-refractivity contribution >= 4 is 11.5 Å². The van der Waals surface area contributed by atoms with Crippen molar-refractivity contribution in [3.8, 4) is 0 Å². The van der Waals surface area contributed by atoms with E-state index < -0.39 is 0 Å². The molecule has 0 unspecified atom stereocenters. The number of halogens is 1. The number of benzene rings is 1. The van der Waals surface area contributed by atoms with Crippen LogP contribution in [0.1, 0.15) is 18.1 Å². The standard InChI is InChI=1S/C16H18FN3O/c1-12(14-4-6-15(17)7-5-14)8-16(21)19(2)10-13-9-18-20(3)11-13/h4-9,11H,10H2,1-3H3/b12-8-. The number of hydrogen-bond acceptors (Lipinski definition) is 2. The maximum Gasteiger partial charge on any atom is 0.246 e. The number of carbonyl (C=O) groups excluding carboxylic acids is 1. The first-order chi connectivity index (χ1) is 9.95. The maximum atomic E-state index is 12.9. The van der Waals surface area contributed by atoms with Crippen LogP contribution < -0.4 is 0 Å². The molecule has 1 amide bonds. The highest BCUT2D eigenvalue weighted by Crippen LogP contribution is 2.14. The van der Waals surface area contributed by atoms with Crippen molar-refractivity contribution in [3.05, 3.63) is 59.7 Å². The summed E-state index contributed by atoms with van der Waals surface area (Å²) in [6, 6.07) is 6.10. The van der Waals surface area contributed by atoms with Gasteiger partial charge in [-0.2, -0.15) is 5.10 Å². The molecule has 0 N–H and O–H groups in total. The molecule has 0 aliphatic heterocycles. The molecule has 0 aliphatic carbocycles. The predicted octanol–water partition coefficient (Wildman–Crippen LogP) is 2.62. The van der Waals surface area contributed by atoms with E-state index in [9.17, 15) is 9.18 Å². The zero-order chi connectivity index (χ0) is 15.4. The second kappa shape index (κ2) is 6.35. The minimum absolute atomic E-state index is 0.0966. The van der Waals surface area contributed by atoms with Crippen molar-refractivity contribution in [1.29, 1.82) is 0 Å². The number of likely N-dealkylation sites (N-methyl/N-ethyl adjacent to an activating group) is 1. The lowest BCUT2D eigenvalue weighted by Gasteiger charge is -2.14. The first kappa shape index (κ1) is 15.0. The van der Waals surface area contributed by atoms with E-state index in [4.69, 9.17) is 0 Å². The molecule has 0 aliphatic rings. The van der Waals surface area contributed by atoms with Crippen molar-refractivity contribution < 1.29 is 9.18 Å². The van der Waals surface area contributed by atoms with E-state index in [0.717, 1.165) is 16.7 Å². The number of aromatic nitrogens is 2. The smallest absolute Gasteiger partial charge is 0.246 e. The Morgan fingerprint density at radius 1 is 1.38 bits per heavy atom. The van der Waals surface area contributed by atoms with Gasteiger partial charge in [-0.15, -0.1) is 0 Å². The molecule has 4 nitrogen and oxygen atoms in total. The summed E-state index contributed by atoms with van der Waals surface area (Å²) in [5.41, 5.74) is 2.61. The number of carbonyl (C=O) groups is 1. The van der Waals surface area contributed by atoms with Crippen molar-refractivity contribution in [1.82, 2.24) is 14.7 Å². The minimum atomic E-state index is -0.286. The average molecular weight is 287 g/mol. The van der Waals surface area contributed by atoms with Crippen LogP contribution in [0.15, 0.2) is 42.7 Å². The Balaban J connectivity index is 2.05. The van der Waals surface area contributed by atoms with Gasteiger partial charge in [0.2, 0.25) is 5.91 Å². The molecule has 110 valence electrons. The normalized spacial score (nSPS) is 11.5. The summed E-state index contributed by atoms with van der Waals surface area (Å²) in [4.78, 5) is 13.8. The molecule has 5 heteroatoms. The van der Waals surface area contributed by atoms with Gasteiger partial charge in [-0.05, 0) is 30.2 Å². The van der Waals surface area contributed by atoms with Gasteiger partial charge in [0, 0.05) is 38.5 Å². The van der Waals surface area contributed by atoms with Crippen molar-refractivity contribution in [2.24, 2.45) is 7.05 Å². The fourth-order valence-electron chi connectivity index (χ4n) is 2.00. The summed E-state index contributed by atoms with van der Waals surface area (Å²) >= 11 is 0. The summed E-state index contributed by atoms with van der Waals surface area (Å²) in [7, 11) is 3.58. The van der Waals surface area contributed by atoms with Gasteiger partial charge in [0.15, 0.2) is 0 Å². The first-order valence-corrected chi connectivity index (χ1v) is 6.62. The third-order valence-corrected chi connectivity index (χ3v) is 3.19. The molecule has 0 radical (unpaired) electrons. The van der Waals surface area contributed by atoms with Crippen LogP contribution in [0.3, 0.4) is 0 Å². The number of hydrogen-bond donors (Lipinski definition) is 0. The molecule has 0 atom stereocenters. The predicted molar refractivity (Wildman–Crippen MR) is 79.7 cm³/mol. The van der Waals surface area contributed by atoms with E-state index in [2.05, 4.69) is 5.10 Å². The zero-order valence-electron chi connectivity index (χ0n) is 12.4. The lowest BCUT2D eigenvalue weighted by molar-refractivity contribution is -0.125. The molecule has 0 spiro atoms. The summed E-state index contributed by atoms with van der Waals surface area (Å²) in [5, 5.41) is 4.07. The monoisotopic (exact) mass is 287 g/mol. The largest absolute Gasteiger partial charge is 0.338 e. The van der Waals surface area contributed by atoms with Gasteiger partial charge in [0.25, 0.3) is 0 Å². The van der Waals surface area contributed by atoms with Crippen LogP contribution in [0.5, 0.6) is 0 Å². The van der Waals surface area contributed by atoms with E-state index in [-0.39, 0.29) is 11.7 Å². The Labute approximate surface area is 123 Å². The van der Waals surface area contributed by atoms with E-state index >= 15 is 0 Å². The lowest BCUT2D eigenvalue weighted by atomic mass is 10.1. The topological polar surface area (TPSA) is 38.1 Å². The molecule has 2 aromatic rings. The molecule has 0 saturated heterocycles. The molecule has 1 aromatic carbocycles. The SMILES string of the molecule is C/C(=C/C(=O)N(C)Cc1cnn(C)c1)c1ccc(F)cc1. The van der Waals surface area contributed by atoms with E-state index in [1.54, 1.807) is 41.0 Å². The molecule has 0 fully saturated rings. The molecule has 0 saturated carbocycles. The maximum absolute atomic E-state index is 12.9. The fourth-order valence-corrected chi connectivity index (χ4v) is 2.00. The highest BCUT2D eigenvalue weighted by molar-refractivity contribution is 5.94. The van der Waals surface area contributed by atoms with Crippen LogP contribution >= 0.6 is 0 Å². The Bertz CT molecular complexity index is 658. The van der Waals surface area contributed by atoms with Crippen LogP contribution in [-0.4, -0.2) is 27.6 Å². The van der Waals surface area contributed by atoms with E-state index in [1.165, 1.54) is 12.1 Å². The van der Waals surface area contributed by atoms with E-state index in [1.807, 2.05) is 20.2 Å². The third kappa shape index (κ3) is 4.02. The van der Waals surface area contributed by atoms with Gasteiger partial charge in [0.1, 0.15) is 5.82 Å². The number of amides is 1. The van der Waals surface area contributed by atoms with Gasteiger partial charge in [-0.3, -0.25) is 9.48 Å². The van der Waals surface area contributed by atoms with Gasteiger partial charge in [0.05, 0.1) is 6.20 Å². The molecule has 1 aromatic heterocycles. The fraction of sp³-hybridized carbons (Fsp3) is 0.250. The van der Waals surface area contributed by atoms with Crippen molar-refractivity contribution in [3.63, 3.8) is 0 Å². The van der Waals surface area contributed by atoms with Gasteiger partial charge < -0.3 is 4.90 Å². The summed E-state index contributed by atoms with van der Waals surface area (Å²) in [6.45, 7) is 2.34. The summed E-state index contributed by atoms with van der Waals surface area (Å²) < 4.78 is 14.6. The quantitative estimate of drug-likeness (QED) is 0.811. The minimum Gasteiger partial charge on any atom is -0.338 e. The third-order valence-electron chi connectivity index (χ3n) is 3.19. The van der Waals surface area contributed by atoms with Crippen LogP contribution in [0, 0.1) is 5.82 Å². The van der Waals surface area contributed by atoms with Gasteiger partial charge in [-0.25, -0.2) is 4.39 Å². The van der Waals surface area contributed by atoms with Crippen molar-refractivity contribution in [2.75, 3.05) is 7.05 Å². The number of aryl methyl sites for hydroxylation is 1. The van der Waals surface area contributed by atoms with Crippen LogP contribution in [0.2, 0.25) is 0 Å². The van der Waals surface area contributed by atoms with Gasteiger partial charge in [-0.1, -0.05) is 12.1 Å². The summed E-state index contributed by atoms with van der Waals surface area (Å²) in [6.07, 6.45) is 5.17. The summed E-state index contributed by atoms with van der Waals surface area (Å²) in [5.74, 6) is -0.382. The Morgan fingerprint density at radius 3 is 2.62 bits per heavy atom. The number of rotatable bonds is 4. The molecule has 21 heavy (non-hydrogen) atoms. The highest BCUT2D eigenvalue weighted by Gasteiger charge is 2.09. The molecule has 1 heterocycles. The highest BCUT2D eigenvalue weighted by atomic mass is 19.1. The lowest BCUT2D eigenvalue weighted by Crippen LogP contribution is -2.24. The number of allylic oxidation sites excluding steroid dienone is 1. The molecule has 2 rings (SSSR count). The second-order valence-electron chi connectivity index (χ2n) is 5.05. The second-order valence-corrected chi connectivity index (χ2v) is 5.05. The van der Waals surface area contributed by atoms with Crippen LogP contribution in [0.25, 0.3) is 5.57 Å². The van der Waals surface area contributed by atoms with E-state index in [0.29, 0.717) is 6.54 Å². The molecular weight excluding hydrogens is 269 g/mol. The van der Waals surface area contributed by atoms with Crippen LogP contribution in [0.4, 0.5) is 4.39 Å². The average Bonchev–Trinajstić information content (AvgIpc) is 2.84.